The Morgan fingerprint density at radius 1 is 1.10 bits per heavy atom. The summed E-state index contributed by atoms with van der Waals surface area (Å²) < 4.78 is 6.20. The molecule has 0 radical (unpaired) electrons. The van der Waals surface area contributed by atoms with Gasteiger partial charge in [-0.25, -0.2) is 10.8 Å². The number of rotatable bonds is 6. The minimum atomic E-state index is 0.403. The fourth-order valence-electron chi connectivity index (χ4n) is 3.26. The molecule has 7 heteroatoms. The highest BCUT2D eigenvalue weighted by Gasteiger charge is 2.14. The first-order valence-corrected chi connectivity index (χ1v) is 10.5. The van der Waals surface area contributed by atoms with E-state index in [-0.39, 0.29) is 0 Å². The zero-order valence-electron chi connectivity index (χ0n) is 18.4. The second kappa shape index (κ2) is 10.8. The average molecular weight is 427 g/mol. The molecule has 3 aromatic rings. The zero-order chi connectivity index (χ0) is 22.3. The summed E-state index contributed by atoms with van der Waals surface area (Å²) in [5.74, 6) is 5.34. The van der Waals surface area contributed by atoms with E-state index in [2.05, 4.69) is 76.1 Å². The first kappa shape index (κ1) is 23.4. The SMILES string of the molecule is CNc1cccc(C)c1COc1cc(C)c(-c2nc(C)sc2C)cc1C.NNC=O. The lowest BCUT2D eigenvalue weighted by molar-refractivity contribution is -0.109. The Morgan fingerprint density at radius 2 is 1.80 bits per heavy atom. The van der Waals surface area contributed by atoms with Crippen molar-refractivity contribution in [2.45, 2.75) is 41.2 Å². The number of nitrogens with one attached hydrogen (secondary N) is 2. The van der Waals surface area contributed by atoms with Gasteiger partial charge in [-0.2, -0.15) is 0 Å². The Kier molecular flexibility index (Phi) is 8.38. The van der Waals surface area contributed by atoms with Crippen LogP contribution in [0.2, 0.25) is 0 Å². The van der Waals surface area contributed by atoms with Gasteiger partial charge in [0.05, 0.1) is 10.7 Å². The van der Waals surface area contributed by atoms with Crippen LogP contribution in [0.3, 0.4) is 0 Å². The largest absolute Gasteiger partial charge is 0.489 e. The van der Waals surface area contributed by atoms with Gasteiger partial charge in [0.25, 0.3) is 0 Å². The molecule has 6 nitrogen and oxygen atoms in total. The van der Waals surface area contributed by atoms with E-state index in [1.54, 1.807) is 16.8 Å². The number of hydrogen-bond donors (Lipinski definition) is 3. The van der Waals surface area contributed by atoms with E-state index in [0.717, 1.165) is 27.7 Å². The first-order chi connectivity index (χ1) is 14.3. The van der Waals surface area contributed by atoms with Crippen molar-refractivity contribution in [3.63, 3.8) is 0 Å². The van der Waals surface area contributed by atoms with E-state index in [1.807, 2.05) is 7.05 Å². The van der Waals surface area contributed by atoms with Crippen molar-refractivity contribution in [2.24, 2.45) is 5.84 Å². The van der Waals surface area contributed by atoms with E-state index in [1.165, 1.54) is 27.1 Å². The molecular weight excluding hydrogens is 396 g/mol. The number of carbonyl (C=O) groups is 1. The number of aryl methyl sites for hydroxylation is 5. The summed E-state index contributed by atoms with van der Waals surface area (Å²) in [6.07, 6.45) is 0.403. The van der Waals surface area contributed by atoms with Gasteiger partial charge < -0.3 is 10.1 Å². The van der Waals surface area contributed by atoms with Gasteiger partial charge in [-0.3, -0.25) is 10.2 Å². The van der Waals surface area contributed by atoms with Crippen LogP contribution in [0.1, 0.15) is 32.1 Å². The lowest BCUT2D eigenvalue weighted by Crippen LogP contribution is -2.18. The molecule has 0 unspecified atom stereocenters. The van der Waals surface area contributed by atoms with Crippen molar-refractivity contribution in [2.75, 3.05) is 12.4 Å². The van der Waals surface area contributed by atoms with Crippen LogP contribution in [0.25, 0.3) is 11.3 Å². The smallest absolute Gasteiger partial charge is 0.221 e. The number of hydrazine groups is 1. The van der Waals surface area contributed by atoms with E-state index in [4.69, 9.17) is 14.5 Å². The van der Waals surface area contributed by atoms with Crippen LogP contribution in [0.5, 0.6) is 5.75 Å². The van der Waals surface area contributed by atoms with Crippen LogP contribution in [0.15, 0.2) is 30.3 Å². The summed E-state index contributed by atoms with van der Waals surface area (Å²) in [7, 11) is 1.95. The van der Waals surface area contributed by atoms with Gasteiger partial charge in [0.1, 0.15) is 12.4 Å². The monoisotopic (exact) mass is 426 g/mol. The standard InChI is InChI=1S/C22H26N2OS.CH4N2O/c1-13-8-7-9-20(23-6)19(13)12-25-21-11-14(2)18(10-15(21)3)22-16(4)26-17(5)24-22;2-3-1-4/h7-11,23H,12H2,1-6H3;1H,2H2,(H,3,4). The number of benzene rings is 2. The quantitative estimate of drug-likeness (QED) is 0.232. The summed E-state index contributed by atoms with van der Waals surface area (Å²) in [4.78, 5) is 14.9. The van der Waals surface area contributed by atoms with Gasteiger partial charge in [-0.1, -0.05) is 12.1 Å². The van der Waals surface area contributed by atoms with Gasteiger partial charge in [0.15, 0.2) is 0 Å². The van der Waals surface area contributed by atoms with E-state index in [0.29, 0.717) is 13.0 Å². The zero-order valence-corrected chi connectivity index (χ0v) is 19.2. The average Bonchev–Trinajstić information content (AvgIpc) is 3.06. The maximum Gasteiger partial charge on any atom is 0.221 e. The molecule has 0 aliphatic rings. The molecule has 0 saturated carbocycles. The second-order valence-corrected chi connectivity index (χ2v) is 8.40. The number of aromatic nitrogens is 1. The molecule has 0 spiro atoms. The molecule has 0 saturated heterocycles. The van der Waals surface area contributed by atoms with Crippen molar-refractivity contribution >= 4 is 23.4 Å². The molecule has 30 heavy (non-hydrogen) atoms. The topological polar surface area (TPSA) is 89.3 Å². The third kappa shape index (κ3) is 5.58. The second-order valence-electron chi connectivity index (χ2n) is 6.99. The molecule has 0 fully saturated rings. The normalized spacial score (nSPS) is 10.1. The number of thiazole rings is 1. The van der Waals surface area contributed by atoms with Crippen molar-refractivity contribution in [1.82, 2.24) is 10.4 Å². The number of hydrogen-bond acceptors (Lipinski definition) is 6. The Hall–Kier alpha value is -2.90. The Bertz CT molecular complexity index is 1010. The first-order valence-electron chi connectivity index (χ1n) is 9.66. The molecule has 1 heterocycles. The molecule has 0 atom stereocenters. The maximum absolute atomic E-state index is 8.94. The molecule has 2 aromatic carbocycles. The Balaban J connectivity index is 0.000000735. The summed E-state index contributed by atoms with van der Waals surface area (Å²) in [5.41, 5.74) is 9.91. The summed E-state index contributed by atoms with van der Waals surface area (Å²) in [6.45, 7) is 11.1. The van der Waals surface area contributed by atoms with Gasteiger partial charge >= 0.3 is 0 Å². The Labute approximate surface area is 182 Å². The molecule has 3 rings (SSSR count). The van der Waals surface area contributed by atoms with Crippen molar-refractivity contribution in [1.29, 1.82) is 0 Å². The minimum Gasteiger partial charge on any atom is -0.489 e. The number of anilines is 1. The van der Waals surface area contributed by atoms with E-state index in [9.17, 15) is 0 Å². The fourth-order valence-corrected chi connectivity index (χ4v) is 4.09. The molecule has 160 valence electrons. The van der Waals surface area contributed by atoms with Crippen LogP contribution >= 0.6 is 11.3 Å². The maximum atomic E-state index is 8.94. The number of carbonyl (C=O) groups excluding carboxylic acids is 1. The van der Waals surface area contributed by atoms with Crippen molar-refractivity contribution in [3.8, 4) is 17.0 Å². The summed E-state index contributed by atoms with van der Waals surface area (Å²) in [6, 6.07) is 10.6. The number of nitrogens with zero attached hydrogens (tertiary/aromatic N) is 1. The third-order valence-electron chi connectivity index (χ3n) is 4.80. The lowest BCUT2D eigenvalue weighted by Gasteiger charge is -2.16. The number of ether oxygens (including phenoxy) is 1. The molecule has 1 amide bonds. The number of amides is 1. The van der Waals surface area contributed by atoms with Crippen LogP contribution in [-0.2, 0) is 11.4 Å². The highest BCUT2D eigenvalue weighted by Crippen LogP contribution is 2.34. The van der Waals surface area contributed by atoms with E-state index < -0.39 is 0 Å². The molecule has 0 aliphatic carbocycles. The predicted octanol–water partition coefficient (Wildman–Crippen LogP) is 4.58. The van der Waals surface area contributed by atoms with Gasteiger partial charge in [0.2, 0.25) is 6.41 Å². The summed E-state index contributed by atoms with van der Waals surface area (Å²) in [5, 5.41) is 4.36. The highest BCUT2D eigenvalue weighted by molar-refractivity contribution is 7.11. The minimum absolute atomic E-state index is 0.403. The van der Waals surface area contributed by atoms with Crippen LogP contribution in [0, 0.1) is 34.6 Å². The Morgan fingerprint density at radius 3 is 2.37 bits per heavy atom. The molecule has 0 bridgehead atoms. The summed E-state index contributed by atoms with van der Waals surface area (Å²) >= 11 is 1.75. The molecular formula is C23H30N4O2S. The van der Waals surface area contributed by atoms with Crippen LogP contribution in [0.4, 0.5) is 5.69 Å². The fraction of sp³-hybridized carbons (Fsp3) is 0.304. The van der Waals surface area contributed by atoms with Gasteiger partial charge in [0, 0.05) is 28.7 Å². The molecule has 4 N–H and O–H groups in total. The van der Waals surface area contributed by atoms with E-state index >= 15 is 0 Å². The van der Waals surface area contributed by atoms with Gasteiger partial charge in [-0.05, 0) is 69.5 Å². The number of nitrogens with two attached hydrogens (primary N) is 1. The van der Waals surface area contributed by atoms with Crippen molar-refractivity contribution in [3.05, 3.63) is 62.5 Å². The van der Waals surface area contributed by atoms with Crippen LogP contribution in [-0.4, -0.2) is 18.4 Å². The predicted molar refractivity (Wildman–Crippen MR) is 125 cm³/mol. The lowest BCUT2D eigenvalue weighted by atomic mass is 10.0. The highest BCUT2D eigenvalue weighted by atomic mass is 32.1. The van der Waals surface area contributed by atoms with Crippen molar-refractivity contribution < 1.29 is 9.53 Å². The van der Waals surface area contributed by atoms with Gasteiger partial charge in [-0.15, -0.1) is 11.3 Å². The van der Waals surface area contributed by atoms with Crippen LogP contribution < -0.4 is 21.3 Å². The third-order valence-corrected chi connectivity index (χ3v) is 5.69. The molecule has 1 aromatic heterocycles. The molecule has 0 aliphatic heterocycles.